The first-order chi connectivity index (χ1) is 16.7. The van der Waals surface area contributed by atoms with E-state index >= 15 is 0 Å². The van der Waals surface area contributed by atoms with Crippen LogP contribution in [0, 0.1) is 0 Å². The van der Waals surface area contributed by atoms with Gasteiger partial charge in [0, 0.05) is 64.1 Å². The van der Waals surface area contributed by atoms with E-state index in [2.05, 4.69) is 21.9 Å². The molecule has 178 valence electrons. The van der Waals surface area contributed by atoms with Crippen LogP contribution < -0.4 is 19.8 Å². The Kier molecular flexibility index (Phi) is 7.12. The fourth-order valence-corrected chi connectivity index (χ4v) is 4.39. The van der Waals surface area contributed by atoms with Crippen molar-refractivity contribution < 1.29 is 14.2 Å². The van der Waals surface area contributed by atoms with Crippen molar-refractivity contribution in [2.75, 3.05) is 45.9 Å². The second kappa shape index (κ2) is 10.8. The zero-order valence-corrected chi connectivity index (χ0v) is 19.3. The summed E-state index contributed by atoms with van der Waals surface area (Å²) in [5.41, 5.74) is 1.19. The summed E-state index contributed by atoms with van der Waals surface area (Å²) in [6, 6.07) is 21.2. The lowest BCUT2D eigenvalue weighted by molar-refractivity contribution is 0.0396. The topological polar surface area (TPSA) is 56.2 Å². The van der Waals surface area contributed by atoms with Crippen LogP contribution in [0.1, 0.15) is 5.56 Å². The maximum atomic E-state index is 11.9. The molecule has 1 atom stereocenters. The SMILES string of the molecule is O=c1ccccn1CCN1CCN(C[C@@H]2COc3ccc(OCc4ccccc4)cc3O2)CC1. The summed E-state index contributed by atoms with van der Waals surface area (Å²) in [4.78, 5) is 16.7. The van der Waals surface area contributed by atoms with Gasteiger partial charge < -0.3 is 18.8 Å². The number of benzene rings is 2. The monoisotopic (exact) mass is 461 g/mol. The van der Waals surface area contributed by atoms with Crippen LogP contribution in [0.3, 0.4) is 0 Å². The molecule has 5 rings (SSSR count). The number of nitrogens with zero attached hydrogens (tertiary/aromatic N) is 3. The highest BCUT2D eigenvalue weighted by Crippen LogP contribution is 2.35. The molecule has 2 aliphatic rings. The summed E-state index contributed by atoms with van der Waals surface area (Å²) in [5.74, 6) is 2.29. The smallest absolute Gasteiger partial charge is 0.250 e. The lowest BCUT2D eigenvalue weighted by Crippen LogP contribution is -2.51. The molecule has 1 saturated heterocycles. The summed E-state index contributed by atoms with van der Waals surface area (Å²) in [7, 11) is 0. The molecule has 0 N–H and O–H groups in total. The van der Waals surface area contributed by atoms with Crippen molar-refractivity contribution in [3.05, 3.63) is 88.8 Å². The van der Waals surface area contributed by atoms with E-state index < -0.39 is 0 Å². The molecule has 1 fully saturated rings. The van der Waals surface area contributed by atoms with Crippen LogP contribution in [0.2, 0.25) is 0 Å². The number of hydrogen-bond donors (Lipinski definition) is 0. The number of piperazine rings is 1. The Labute approximate surface area is 200 Å². The maximum Gasteiger partial charge on any atom is 0.250 e. The average Bonchev–Trinajstić information content (AvgIpc) is 2.88. The Balaban J connectivity index is 1.08. The van der Waals surface area contributed by atoms with Gasteiger partial charge in [-0.3, -0.25) is 14.6 Å². The second-order valence-corrected chi connectivity index (χ2v) is 8.81. The van der Waals surface area contributed by atoms with Gasteiger partial charge in [-0.15, -0.1) is 0 Å². The van der Waals surface area contributed by atoms with Gasteiger partial charge >= 0.3 is 0 Å². The van der Waals surface area contributed by atoms with Crippen molar-refractivity contribution >= 4 is 0 Å². The lowest BCUT2D eigenvalue weighted by atomic mass is 10.2. The molecular weight excluding hydrogens is 430 g/mol. The Morgan fingerprint density at radius 1 is 0.853 bits per heavy atom. The highest BCUT2D eigenvalue weighted by atomic mass is 16.6. The van der Waals surface area contributed by atoms with Crippen molar-refractivity contribution in [1.29, 1.82) is 0 Å². The molecule has 2 aromatic carbocycles. The number of ether oxygens (including phenoxy) is 3. The number of fused-ring (bicyclic) bond motifs is 1. The summed E-state index contributed by atoms with van der Waals surface area (Å²) < 4.78 is 20.0. The molecule has 7 heteroatoms. The number of aromatic nitrogens is 1. The summed E-state index contributed by atoms with van der Waals surface area (Å²) >= 11 is 0. The van der Waals surface area contributed by atoms with Gasteiger partial charge in [-0.05, 0) is 23.8 Å². The minimum atomic E-state index is -0.00804. The van der Waals surface area contributed by atoms with Gasteiger partial charge in [-0.2, -0.15) is 0 Å². The minimum absolute atomic E-state index is 0.00804. The van der Waals surface area contributed by atoms with Crippen molar-refractivity contribution in [2.24, 2.45) is 0 Å². The van der Waals surface area contributed by atoms with Gasteiger partial charge in [-0.1, -0.05) is 36.4 Å². The van der Waals surface area contributed by atoms with Crippen molar-refractivity contribution in [2.45, 2.75) is 19.3 Å². The molecule has 0 unspecified atom stereocenters. The molecule has 0 radical (unpaired) electrons. The molecule has 3 aromatic rings. The highest BCUT2D eigenvalue weighted by Gasteiger charge is 2.26. The zero-order chi connectivity index (χ0) is 23.2. The number of pyridine rings is 1. The lowest BCUT2D eigenvalue weighted by Gasteiger charge is -2.37. The molecule has 0 bridgehead atoms. The van der Waals surface area contributed by atoms with Gasteiger partial charge in [0.05, 0.1) is 0 Å². The third kappa shape index (κ3) is 5.79. The number of hydrogen-bond acceptors (Lipinski definition) is 6. The van der Waals surface area contributed by atoms with E-state index in [0.717, 1.165) is 68.6 Å². The maximum absolute atomic E-state index is 11.9. The Morgan fingerprint density at radius 2 is 1.65 bits per heavy atom. The first-order valence-electron chi connectivity index (χ1n) is 11.9. The largest absolute Gasteiger partial charge is 0.489 e. The van der Waals surface area contributed by atoms with Crippen LogP contribution in [-0.4, -0.2) is 66.3 Å². The van der Waals surface area contributed by atoms with Gasteiger partial charge in [0.25, 0.3) is 5.56 Å². The van der Waals surface area contributed by atoms with E-state index in [4.69, 9.17) is 14.2 Å². The van der Waals surface area contributed by atoms with Crippen LogP contribution in [0.25, 0.3) is 0 Å². The van der Waals surface area contributed by atoms with E-state index in [1.54, 1.807) is 16.7 Å². The van der Waals surface area contributed by atoms with E-state index in [0.29, 0.717) is 13.2 Å². The van der Waals surface area contributed by atoms with E-state index in [1.165, 1.54) is 0 Å². The highest BCUT2D eigenvalue weighted by molar-refractivity contribution is 5.46. The zero-order valence-electron chi connectivity index (χ0n) is 19.3. The summed E-state index contributed by atoms with van der Waals surface area (Å²) in [5, 5.41) is 0. The van der Waals surface area contributed by atoms with Crippen LogP contribution >= 0.6 is 0 Å². The van der Waals surface area contributed by atoms with Crippen LogP contribution in [-0.2, 0) is 13.2 Å². The second-order valence-electron chi connectivity index (χ2n) is 8.81. The molecule has 7 nitrogen and oxygen atoms in total. The third-order valence-corrected chi connectivity index (χ3v) is 6.36. The normalized spacial score (nSPS) is 18.5. The Morgan fingerprint density at radius 3 is 2.47 bits per heavy atom. The van der Waals surface area contributed by atoms with Crippen LogP contribution in [0.15, 0.2) is 77.7 Å². The quantitative estimate of drug-likeness (QED) is 0.514. The molecule has 0 spiro atoms. The summed E-state index contributed by atoms with van der Waals surface area (Å²) in [6.07, 6.45) is 1.85. The Hall–Kier alpha value is -3.29. The predicted octanol–water partition coefficient (Wildman–Crippen LogP) is 2.88. The fourth-order valence-electron chi connectivity index (χ4n) is 4.39. The molecule has 1 aromatic heterocycles. The summed E-state index contributed by atoms with van der Waals surface area (Å²) in [6.45, 7) is 7.46. The first kappa shape index (κ1) is 22.5. The third-order valence-electron chi connectivity index (χ3n) is 6.36. The standard InChI is InChI=1S/C27H31N3O4/c31-27-8-4-5-11-30(27)17-16-28-12-14-29(15-13-28)19-24-21-33-25-10-9-23(18-26(25)34-24)32-20-22-6-2-1-3-7-22/h1-11,18,24H,12-17,19-21H2/t24-/m1/s1. The molecule has 3 heterocycles. The van der Waals surface area contributed by atoms with Gasteiger partial charge in [0.1, 0.15) is 25.1 Å². The van der Waals surface area contributed by atoms with Gasteiger partial charge in [0.2, 0.25) is 0 Å². The molecule has 0 saturated carbocycles. The van der Waals surface area contributed by atoms with Gasteiger partial charge in [0.15, 0.2) is 11.5 Å². The van der Waals surface area contributed by atoms with Crippen molar-refractivity contribution in [3.8, 4) is 17.2 Å². The molecule has 34 heavy (non-hydrogen) atoms. The fraction of sp³-hybridized carbons (Fsp3) is 0.370. The molecule has 0 amide bonds. The minimum Gasteiger partial charge on any atom is -0.489 e. The molecule has 0 aliphatic carbocycles. The van der Waals surface area contributed by atoms with Gasteiger partial charge in [-0.25, -0.2) is 0 Å². The molecular formula is C27H31N3O4. The van der Waals surface area contributed by atoms with Crippen LogP contribution in [0.5, 0.6) is 17.2 Å². The van der Waals surface area contributed by atoms with Crippen LogP contribution in [0.4, 0.5) is 0 Å². The van der Waals surface area contributed by atoms with E-state index in [9.17, 15) is 4.79 Å². The van der Waals surface area contributed by atoms with Crippen molar-refractivity contribution in [1.82, 2.24) is 14.4 Å². The first-order valence-corrected chi connectivity index (χ1v) is 11.9. The van der Waals surface area contributed by atoms with Crippen molar-refractivity contribution in [3.63, 3.8) is 0 Å². The number of rotatable bonds is 8. The Bertz CT molecular complexity index is 1130. The van der Waals surface area contributed by atoms with E-state index in [-0.39, 0.29) is 11.7 Å². The predicted molar refractivity (Wildman–Crippen MR) is 131 cm³/mol. The molecule has 2 aliphatic heterocycles. The van der Waals surface area contributed by atoms with E-state index in [1.807, 2.05) is 48.7 Å². The average molecular weight is 462 g/mol.